The maximum absolute atomic E-state index is 12.8. The van der Waals surface area contributed by atoms with Crippen molar-refractivity contribution >= 4 is 69.8 Å². The van der Waals surface area contributed by atoms with E-state index in [1.165, 1.54) is 16.2 Å². The molecule has 11 heteroatoms. The molecule has 2 unspecified atom stereocenters. The molecule has 5 heterocycles. The molecular formula is C24H25Cl3N4O3S. The molecule has 1 saturated carbocycles. The minimum atomic E-state index is -0.204. The Hall–Kier alpha value is -1.97. The van der Waals surface area contributed by atoms with Crippen LogP contribution in [0.15, 0.2) is 30.6 Å². The van der Waals surface area contributed by atoms with Gasteiger partial charge in [0.05, 0.1) is 33.6 Å². The molecule has 35 heavy (non-hydrogen) atoms. The maximum Gasteiger partial charge on any atom is 0.234 e. The maximum atomic E-state index is 12.8. The van der Waals surface area contributed by atoms with E-state index in [0.717, 1.165) is 45.7 Å². The number of ether oxygens (including phenoxy) is 1. The second-order valence-corrected chi connectivity index (χ2v) is 11.1. The average Bonchev–Trinajstić information content (AvgIpc) is 3.23. The van der Waals surface area contributed by atoms with Gasteiger partial charge in [-0.2, -0.15) is 0 Å². The number of aromatic nitrogens is 2. The van der Waals surface area contributed by atoms with Gasteiger partial charge in [-0.1, -0.05) is 25.4 Å². The van der Waals surface area contributed by atoms with E-state index in [-0.39, 0.29) is 66.5 Å². The van der Waals surface area contributed by atoms with Gasteiger partial charge in [-0.3, -0.25) is 19.5 Å². The summed E-state index contributed by atoms with van der Waals surface area (Å²) in [5, 5.41) is 3.83. The number of halogens is 3. The Morgan fingerprint density at radius 1 is 1.17 bits per heavy atom. The van der Waals surface area contributed by atoms with Crippen molar-refractivity contribution in [2.45, 2.75) is 32.9 Å². The summed E-state index contributed by atoms with van der Waals surface area (Å²) in [6.45, 7) is 5.98. The summed E-state index contributed by atoms with van der Waals surface area (Å²) in [7, 11) is 0. The van der Waals surface area contributed by atoms with E-state index in [4.69, 9.17) is 16.3 Å². The second kappa shape index (κ2) is 9.48. The van der Waals surface area contributed by atoms with Crippen molar-refractivity contribution in [3.63, 3.8) is 0 Å². The monoisotopic (exact) mass is 554 g/mol. The second-order valence-electron chi connectivity index (χ2n) is 9.56. The highest BCUT2D eigenvalue weighted by molar-refractivity contribution is 7.19. The van der Waals surface area contributed by atoms with Crippen molar-refractivity contribution in [3.8, 4) is 17.0 Å². The van der Waals surface area contributed by atoms with E-state index in [0.29, 0.717) is 10.9 Å². The van der Waals surface area contributed by atoms with Crippen molar-refractivity contribution in [3.05, 3.63) is 40.5 Å². The molecular weight excluding hydrogens is 531 g/mol. The third-order valence-electron chi connectivity index (χ3n) is 7.07. The number of nitrogens with zero attached hydrogens (tertiary/aromatic N) is 3. The molecule has 3 fully saturated rings. The van der Waals surface area contributed by atoms with Gasteiger partial charge in [-0.25, -0.2) is 4.98 Å². The molecule has 0 aromatic carbocycles. The number of nitrogens with one attached hydrogen (secondary N) is 1. The van der Waals surface area contributed by atoms with Gasteiger partial charge in [-0.15, -0.1) is 36.2 Å². The Morgan fingerprint density at radius 2 is 1.91 bits per heavy atom. The number of imide groups is 1. The summed E-state index contributed by atoms with van der Waals surface area (Å²) in [6, 6.07) is 5.75. The normalized spacial score (nSPS) is 24.2. The lowest BCUT2D eigenvalue weighted by molar-refractivity contribution is -0.143. The molecule has 6 rings (SSSR count). The lowest BCUT2D eigenvalue weighted by Crippen LogP contribution is -2.35. The van der Waals surface area contributed by atoms with E-state index in [1.807, 2.05) is 32.0 Å². The van der Waals surface area contributed by atoms with Crippen molar-refractivity contribution < 1.29 is 14.3 Å². The topological polar surface area (TPSA) is 84.4 Å². The van der Waals surface area contributed by atoms with Crippen LogP contribution in [0.4, 0.5) is 0 Å². The quantitative estimate of drug-likeness (QED) is 0.458. The summed E-state index contributed by atoms with van der Waals surface area (Å²) in [5.41, 5.74) is 2.34. The van der Waals surface area contributed by atoms with E-state index < -0.39 is 0 Å². The fourth-order valence-electron chi connectivity index (χ4n) is 5.19. The first kappa shape index (κ1) is 26.1. The van der Waals surface area contributed by atoms with Gasteiger partial charge in [0.2, 0.25) is 17.7 Å². The zero-order valence-corrected chi connectivity index (χ0v) is 22.3. The summed E-state index contributed by atoms with van der Waals surface area (Å²) in [5.74, 6) is 0.0922. The van der Waals surface area contributed by atoms with Crippen LogP contribution in [0.3, 0.4) is 0 Å². The standard InChI is InChI=1S/C24H23ClN4O3S.2ClH/c1-24(2)18-19(24)23(31)29(22(18)30)11-14-8-17-20(33-14)15(4-6-27-17)16-7-12(25)9-28-21(16)32-13-3-5-26-10-13;;/h4,6-9,13,18-19,26H,3,5,10-11H2,1-2H3;2*1H/t13-,18?,19?;;/m0../s1. The number of hydrogen-bond donors (Lipinski definition) is 1. The third kappa shape index (κ3) is 4.29. The number of thiophene rings is 1. The van der Waals surface area contributed by atoms with Gasteiger partial charge in [-0.05, 0) is 36.6 Å². The number of pyridine rings is 2. The Bertz CT molecular complexity index is 1280. The molecule has 7 nitrogen and oxygen atoms in total. The minimum Gasteiger partial charge on any atom is -0.473 e. The van der Waals surface area contributed by atoms with Crippen LogP contribution in [0.1, 0.15) is 25.1 Å². The summed E-state index contributed by atoms with van der Waals surface area (Å²) in [6.07, 6.45) is 4.34. The Labute approximate surface area is 224 Å². The van der Waals surface area contributed by atoms with Crippen LogP contribution in [0.25, 0.3) is 21.3 Å². The first-order valence-corrected chi connectivity index (χ1v) is 12.3. The van der Waals surface area contributed by atoms with Crippen LogP contribution < -0.4 is 10.1 Å². The molecule has 2 aliphatic heterocycles. The van der Waals surface area contributed by atoms with E-state index in [2.05, 4.69) is 15.3 Å². The SMILES string of the molecule is CC1(C)C2C(=O)N(Cc3cc4nccc(-c5cc(Cl)cnc5O[C@H]5CCNC5)c4s3)C(=O)C21.Cl.Cl. The van der Waals surface area contributed by atoms with E-state index in [9.17, 15) is 9.59 Å². The molecule has 0 spiro atoms. The first-order chi connectivity index (χ1) is 15.8. The number of carbonyl (C=O) groups is 2. The highest BCUT2D eigenvalue weighted by atomic mass is 35.5. The molecule has 3 aliphatic rings. The Morgan fingerprint density at radius 3 is 2.60 bits per heavy atom. The lowest BCUT2D eigenvalue weighted by Gasteiger charge is -2.19. The van der Waals surface area contributed by atoms with Crippen LogP contribution in [0.2, 0.25) is 5.02 Å². The Kier molecular flexibility index (Phi) is 7.07. The molecule has 1 N–H and O–H groups in total. The molecule has 3 aromatic rings. The minimum absolute atomic E-state index is 0. The van der Waals surface area contributed by atoms with Gasteiger partial charge in [0.1, 0.15) is 6.10 Å². The van der Waals surface area contributed by atoms with Crippen LogP contribution in [-0.2, 0) is 16.1 Å². The summed E-state index contributed by atoms with van der Waals surface area (Å²) >= 11 is 7.84. The zero-order valence-electron chi connectivity index (χ0n) is 19.1. The van der Waals surface area contributed by atoms with Gasteiger partial charge in [0.25, 0.3) is 0 Å². The molecule has 0 radical (unpaired) electrons. The van der Waals surface area contributed by atoms with Crippen molar-refractivity contribution in [2.24, 2.45) is 17.3 Å². The van der Waals surface area contributed by atoms with Gasteiger partial charge in [0, 0.05) is 34.9 Å². The first-order valence-electron chi connectivity index (χ1n) is 11.1. The number of hydrogen-bond acceptors (Lipinski definition) is 7. The van der Waals surface area contributed by atoms with Crippen LogP contribution >= 0.6 is 47.8 Å². The largest absolute Gasteiger partial charge is 0.473 e. The third-order valence-corrected chi connectivity index (χ3v) is 8.42. The van der Waals surface area contributed by atoms with Crippen LogP contribution in [0, 0.1) is 17.3 Å². The number of piperidine rings is 1. The highest BCUT2D eigenvalue weighted by Crippen LogP contribution is 2.63. The fraction of sp³-hybridized carbons (Fsp3) is 0.417. The van der Waals surface area contributed by atoms with E-state index in [1.54, 1.807) is 12.4 Å². The van der Waals surface area contributed by atoms with E-state index >= 15 is 0 Å². The number of rotatable bonds is 5. The van der Waals surface area contributed by atoms with Crippen molar-refractivity contribution in [2.75, 3.05) is 13.1 Å². The van der Waals surface area contributed by atoms with Gasteiger partial charge >= 0.3 is 0 Å². The number of carbonyl (C=O) groups excluding carboxylic acids is 2. The lowest BCUT2D eigenvalue weighted by atomic mass is 10.1. The highest BCUT2D eigenvalue weighted by Gasteiger charge is 2.72. The molecule has 0 bridgehead atoms. The molecule has 3 aromatic heterocycles. The molecule has 2 saturated heterocycles. The van der Waals surface area contributed by atoms with Crippen LogP contribution in [-0.4, -0.2) is 45.9 Å². The number of amides is 2. The molecule has 1 aliphatic carbocycles. The zero-order chi connectivity index (χ0) is 22.9. The van der Waals surface area contributed by atoms with Gasteiger partial charge in [0.15, 0.2) is 0 Å². The molecule has 186 valence electrons. The smallest absolute Gasteiger partial charge is 0.234 e. The average molecular weight is 556 g/mol. The predicted molar refractivity (Wildman–Crippen MR) is 141 cm³/mol. The number of fused-ring (bicyclic) bond motifs is 2. The fourth-order valence-corrected chi connectivity index (χ4v) is 6.48. The molecule has 2 amide bonds. The summed E-state index contributed by atoms with van der Waals surface area (Å²) < 4.78 is 7.15. The Balaban J connectivity index is 0.00000144. The predicted octanol–water partition coefficient (Wildman–Crippen LogP) is 4.74. The number of likely N-dealkylation sites (tertiary alicyclic amines) is 1. The van der Waals surface area contributed by atoms with Crippen molar-refractivity contribution in [1.29, 1.82) is 0 Å². The molecule has 3 atom stereocenters. The van der Waals surface area contributed by atoms with Crippen molar-refractivity contribution in [1.82, 2.24) is 20.2 Å². The van der Waals surface area contributed by atoms with Gasteiger partial charge < -0.3 is 10.1 Å². The summed E-state index contributed by atoms with van der Waals surface area (Å²) in [4.78, 5) is 36.9. The van der Waals surface area contributed by atoms with Crippen LogP contribution in [0.5, 0.6) is 5.88 Å².